The van der Waals surface area contributed by atoms with Crippen LogP contribution in [-0.2, 0) is 19.5 Å². The van der Waals surface area contributed by atoms with E-state index in [4.69, 9.17) is 5.26 Å². The Morgan fingerprint density at radius 2 is 2.10 bits per heavy atom. The predicted molar refractivity (Wildman–Crippen MR) is 76.2 cm³/mol. The van der Waals surface area contributed by atoms with Crippen LogP contribution in [0.15, 0.2) is 30.6 Å². The summed E-state index contributed by atoms with van der Waals surface area (Å²) in [4.78, 5) is 6.08. The molecule has 3 rings (SSSR count). The minimum atomic E-state index is -0.525. The molecular weight excluding hydrogens is 266 g/mol. The molecule has 1 N–H and O–H groups in total. The highest BCUT2D eigenvalue weighted by Crippen LogP contribution is 2.18. The highest BCUT2D eigenvalue weighted by molar-refractivity contribution is 5.29. The fourth-order valence-corrected chi connectivity index (χ4v) is 2.72. The second-order valence-corrected chi connectivity index (χ2v) is 5.31. The third kappa shape index (κ3) is 3.27. The van der Waals surface area contributed by atoms with Crippen LogP contribution in [0, 0.1) is 11.3 Å². The van der Waals surface area contributed by atoms with Crippen molar-refractivity contribution in [1.82, 2.24) is 19.7 Å². The van der Waals surface area contributed by atoms with Crippen LogP contribution in [0.2, 0.25) is 0 Å². The normalized spacial score (nSPS) is 16.2. The van der Waals surface area contributed by atoms with E-state index in [1.54, 1.807) is 0 Å². The van der Waals surface area contributed by atoms with Gasteiger partial charge in [0.05, 0.1) is 12.6 Å². The lowest BCUT2D eigenvalue weighted by molar-refractivity contribution is 0.0888. The minimum Gasteiger partial charge on any atom is -0.390 e. The molecule has 0 bridgehead atoms. The van der Waals surface area contributed by atoms with E-state index in [-0.39, 0.29) is 5.82 Å². The number of hydrogen-bond acceptors (Lipinski definition) is 5. The lowest BCUT2D eigenvalue weighted by Crippen LogP contribution is -2.38. The van der Waals surface area contributed by atoms with E-state index in [0.29, 0.717) is 13.1 Å². The van der Waals surface area contributed by atoms with Gasteiger partial charge in [0.1, 0.15) is 12.4 Å². The van der Waals surface area contributed by atoms with E-state index in [1.807, 2.05) is 6.07 Å². The number of hydrogen-bond donors (Lipinski definition) is 1. The number of fused-ring (bicyclic) bond motifs is 1. The number of benzene rings is 1. The number of aromatic nitrogens is 3. The van der Waals surface area contributed by atoms with Crippen LogP contribution in [0.5, 0.6) is 0 Å². The summed E-state index contributed by atoms with van der Waals surface area (Å²) in [5, 5.41) is 22.8. The van der Waals surface area contributed by atoms with Crippen molar-refractivity contribution in [3.05, 3.63) is 47.5 Å². The standard InChI is InChI=1S/C15H17N5O/c16-7-15-17-11-20(18-15)10-14(21)9-19-6-5-12-3-1-2-4-13(12)8-19/h1-4,11,14,21H,5-6,8-10H2. The Morgan fingerprint density at radius 1 is 1.29 bits per heavy atom. The average molecular weight is 283 g/mol. The SMILES string of the molecule is N#Cc1ncn(CC(O)CN2CCc3ccccc3C2)n1. The summed E-state index contributed by atoms with van der Waals surface area (Å²) in [5.41, 5.74) is 2.74. The van der Waals surface area contributed by atoms with E-state index < -0.39 is 6.10 Å². The van der Waals surface area contributed by atoms with Crippen LogP contribution < -0.4 is 0 Å². The molecule has 0 saturated heterocycles. The summed E-state index contributed by atoms with van der Waals surface area (Å²) in [7, 11) is 0. The Balaban J connectivity index is 1.56. The van der Waals surface area contributed by atoms with Crippen LogP contribution in [0.3, 0.4) is 0 Å². The topological polar surface area (TPSA) is 78.0 Å². The maximum absolute atomic E-state index is 10.2. The van der Waals surface area contributed by atoms with Crippen molar-refractivity contribution in [1.29, 1.82) is 5.26 Å². The lowest BCUT2D eigenvalue weighted by atomic mass is 10.00. The Hall–Kier alpha value is -2.23. The number of aliphatic hydroxyl groups is 1. The molecule has 1 aromatic heterocycles. The molecule has 0 saturated carbocycles. The van der Waals surface area contributed by atoms with Crippen molar-refractivity contribution in [2.24, 2.45) is 0 Å². The number of nitrogens with zero attached hydrogens (tertiary/aromatic N) is 5. The van der Waals surface area contributed by atoms with Gasteiger partial charge >= 0.3 is 0 Å². The Bertz CT molecular complexity index is 660. The van der Waals surface area contributed by atoms with E-state index in [0.717, 1.165) is 19.5 Å². The molecule has 0 amide bonds. The monoisotopic (exact) mass is 283 g/mol. The Kier molecular flexibility index (Phi) is 3.95. The second kappa shape index (κ2) is 6.04. The number of aliphatic hydroxyl groups excluding tert-OH is 1. The first-order chi connectivity index (χ1) is 10.2. The molecule has 21 heavy (non-hydrogen) atoms. The van der Waals surface area contributed by atoms with Gasteiger partial charge in [-0.25, -0.2) is 9.67 Å². The summed E-state index contributed by atoms with van der Waals surface area (Å²) in [6.07, 6.45) is 1.97. The molecule has 6 nitrogen and oxygen atoms in total. The van der Waals surface area contributed by atoms with Crippen LogP contribution in [0.4, 0.5) is 0 Å². The Labute approximate surface area is 123 Å². The van der Waals surface area contributed by atoms with Gasteiger partial charge in [0, 0.05) is 19.6 Å². The zero-order valence-corrected chi connectivity index (χ0v) is 11.7. The zero-order chi connectivity index (χ0) is 14.7. The highest BCUT2D eigenvalue weighted by atomic mass is 16.3. The van der Waals surface area contributed by atoms with Gasteiger partial charge in [-0.15, -0.1) is 5.10 Å². The number of β-amino-alcohol motifs (C(OH)–C–C–N with tert-alkyl or cyclic N) is 1. The molecular formula is C15H17N5O. The van der Waals surface area contributed by atoms with Crippen molar-refractivity contribution in [3.63, 3.8) is 0 Å². The van der Waals surface area contributed by atoms with Gasteiger partial charge in [-0.05, 0) is 17.5 Å². The van der Waals surface area contributed by atoms with Gasteiger partial charge in [0.25, 0.3) is 5.82 Å². The summed E-state index contributed by atoms with van der Waals surface area (Å²) >= 11 is 0. The van der Waals surface area contributed by atoms with Gasteiger partial charge in [0.15, 0.2) is 0 Å². The number of nitriles is 1. The second-order valence-electron chi connectivity index (χ2n) is 5.31. The molecule has 0 aliphatic carbocycles. The fraction of sp³-hybridized carbons (Fsp3) is 0.400. The molecule has 1 aliphatic heterocycles. The molecule has 6 heteroatoms. The summed E-state index contributed by atoms with van der Waals surface area (Å²) in [5.74, 6) is 0.133. The van der Waals surface area contributed by atoms with Gasteiger partial charge in [-0.3, -0.25) is 4.90 Å². The molecule has 0 radical (unpaired) electrons. The third-order valence-electron chi connectivity index (χ3n) is 3.71. The fourth-order valence-electron chi connectivity index (χ4n) is 2.72. The predicted octanol–water partition coefficient (Wildman–Crippen LogP) is 0.569. The smallest absolute Gasteiger partial charge is 0.252 e. The lowest BCUT2D eigenvalue weighted by Gasteiger charge is -2.30. The maximum atomic E-state index is 10.2. The highest BCUT2D eigenvalue weighted by Gasteiger charge is 2.18. The number of rotatable bonds is 4. The van der Waals surface area contributed by atoms with E-state index in [1.165, 1.54) is 22.1 Å². The van der Waals surface area contributed by atoms with Gasteiger partial charge in [0.2, 0.25) is 0 Å². The van der Waals surface area contributed by atoms with Crippen LogP contribution in [0.1, 0.15) is 17.0 Å². The quantitative estimate of drug-likeness (QED) is 0.887. The molecule has 1 unspecified atom stereocenters. The molecule has 1 aromatic carbocycles. The minimum absolute atomic E-state index is 0.133. The van der Waals surface area contributed by atoms with Gasteiger partial charge in [-0.1, -0.05) is 24.3 Å². The maximum Gasteiger partial charge on any atom is 0.252 e. The van der Waals surface area contributed by atoms with Crippen LogP contribution >= 0.6 is 0 Å². The summed E-state index contributed by atoms with van der Waals surface area (Å²) < 4.78 is 1.51. The first-order valence-electron chi connectivity index (χ1n) is 7.01. The third-order valence-corrected chi connectivity index (χ3v) is 3.71. The first-order valence-corrected chi connectivity index (χ1v) is 7.01. The van der Waals surface area contributed by atoms with E-state index in [2.05, 4.69) is 39.2 Å². The van der Waals surface area contributed by atoms with Crippen molar-refractivity contribution < 1.29 is 5.11 Å². The van der Waals surface area contributed by atoms with Crippen molar-refractivity contribution >= 4 is 0 Å². The van der Waals surface area contributed by atoms with Crippen LogP contribution in [0.25, 0.3) is 0 Å². The molecule has 1 atom stereocenters. The molecule has 0 fully saturated rings. The molecule has 108 valence electrons. The first kappa shape index (κ1) is 13.7. The van der Waals surface area contributed by atoms with E-state index in [9.17, 15) is 5.11 Å². The average Bonchev–Trinajstić information content (AvgIpc) is 2.94. The van der Waals surface area contributed by atoms with E-state index >= 15 is 0 Å². The Morgan fingerprint density at radius 3 is 2.86 bits per heavy atom. The van der Waals surface area contributed by atoms with Crippen LogP contribution in [-0.4, -0.2) is 44.0 Å². The van der Waals surface area contributed by atoms with Crippen molar-refractivity contribution in [2.45, 2.75) is 25.6 Å². The zero-order valence-electron chi connectivity index (χ0n) is 11.7. The van der Waals surface area contributed by atoms with Crippen molar-refractivity contribution in [3.8, 4) is 6.07 Å². The molecule has 1 aliphatic rings. The molecule has 2 heterocycles. The molecule has 2 aromatic rings. The summed E-state index contributed by atoms with van der Waals surface area (Å²) in [6, 6.07) is 10.3. The van der Waals surface area contributed by atoms with Crippen molar-refractivity contribution in [2.75, 3.05) is 13.1 Å². The van der Waals surface area contributed by atoms with Gasteiger partial charge in [-0.2, -0.15) is 5.26 Å². The largest absolute Gasteiger partial charge is 0.390 e. The summed E-state index contributed by atoms with van der Waals surface area (Å²) in [6.45, 7) is 2.77. The van der Waals surface area contributed by atoms with Gasteiger partial charge < -0.3 is 5.11 Å². The molecule has 0 spiro atoms.